The lowest BCUT2D eigenvalue weighted by Crippen LogP contribution is -2.40. The van der Waals surface area contributed by atoms with Crippen molar-refractivity contribution in [3.05, 3.63) is 0 Å². The summed E-state index contributed by atoms with van der Waals surface area (Å²) in [7, 11) is 0. The Hall–Kier alpha value is 0.270. The van der Waals surface area contributed by atoms with Crippen molar-refractivity contribution in [3.8, 4) is 0 Å². The molecule has 1 saturated carbocycles. The summed E-state index contributed by atoms with van der Waals surface area (Å²) in [5, 5.41) is 4.30. The van der Waals surface area contributed by atoms with Crippen molar-refractivity contribution in [2.75, 3.05) is 25.4 Å². The molecule has 3 heteroatoms. The Bertz CT molecular complexity index is 182. The van der Waals surface area contributed by atoms with Gasteiger partial charge in [-0.05, 0) is 18.8 Å². The molecule has 0 bridgehead atoms. The fourth-order valence-corrected chi connectivity index (χ4v) is 4.00. The highest BCUT2D eigenvalue weighted by Crippen LogP contribution is 2.32. The van der Waals surface area contributed by atoms with E-state index < -0.39 is 0 Å². The van der Waals surface area contributed by atoms with Gasteiger partial charge in [-0.3, -0.25) is 0 Å². The molecule has 0 aromatic rings. The molecule has 3 unspecified atom stereocenters. The number of rotatable bonds is 3. The first-order chi connectivity index (χ1) is 7.34. The van der Waals surface area contributed by atoms with Crippen molar-refractivity contribution >= 4 is 11.8 Å². The summed E-state index contributed by atoms with van der Waals surface area (Å²) in [5.41, 5.74) is 0. The van der Waals surface area contributed by atoms with Crippen molar-refractivity contribution in [2.45, 2.75) is 44.0 Å². The predicted octanol–water partition coefficient (Wildman–Crippen LogP) is 2.29. The van der Waals surface area contributed by atoms with Gasteiger partial charge in [-0.2, -0.15) is 11.8 Å². The highest BCUT2D eigenvalue weighted by molar-refractivity contribution is 7.99. The number of morpholine rings is 1. The zero-order valence-electron chi connectivity index (χ0n) is 9.71. The van der Waals surface area contributed by atoms with E-state index in [1.54, 1.807) is 0 Å². The van der Waals surface area contributed by atoms with E-state index in [1.807, 2.05) is 0 Å². The van der Waals surface area contributed by atoms with Gasteiger partial charge in [0.25, 0.3) is 0 Å². The summed E-state index contributed by atoms with van der Waals surface area (Å²) in [4.78, 5) is 0. The van der Waals surface area contributed by atoms with E-state index in [1.165, 1.54) is 31.4 Å². The molecule has 2 aliphatic rings. The Labute approximate surface area is 97.5 Å². The largest absolute Gasteiger partial charge is 0.375 e. The third-order valence-electron chi connectivity index (χ3n) is 3.41. The van der Waals surface area contributed by atoms with Crippen LogP contribution >= 0.6 is 11.8 Å². The lowest BCUT2D eigenvalue weighted by Gasteiger charge is -2.29. The molecule has 1 heterocycles. The molecule has 2 fully saturated rings. The van der Waals surface area contributed by atoms with E-state index >= 15 is 0 Å². The van der Waals surface area contributed by atoms with E-state index in [9.17, 15) is 0 Å². The van der Waals surface area contributed by atoms with Gasteiger partial charge in [0.1, 0.15) is 0 Å². The van der Waals surface area contributed by atoms with Crippen LogP contribution in [-0.2, 0) is 4.74 Å². The van der Waals surface area contributed by atoms with Gasteiger partial charge >= 0.3 is 0 Å². The van der Waals surface area contributed by atoms with E-state index in [0.29, 0.717) is 6.10 Å². The van der Waals surface area contributed by atoms with Gasteiger partial charge in [0.2, 0.25) is 0 Å². The zero-order chi connectivity index (χ0) is 10.5. The smallest absolute Gasteiger partial charge is 0.0790 e. The minimum absolute atomic E-state index is 0.459. The van der Waals surface area contributed by atoms with Crippen LogP contribution in [0.1, 0.15) is 32.6 Å². The van der Waals surface area contributed by atoms with Crippen LogP contribution in [-0.4, -0.2) is 36.8 Å². The fraction of sp³-hybridized carbons (Fsp3) is 1.00. The van der Waals surface area contributed by atoms with Gasteiger partial charge in [-0.1, -0.05) is 19.8 Å². The topological polar surface area (TPSA) is 21.3 Å². The minimum Gasteiger partial charge on any atom is -0.375 e. The quantitative estimate of drug-likeness (QED) is 0.802. The molecule has 1 aliphatic heterocycles. The van der Waals surface area contributed by atoms with Crippen molar-refractivity contribution in [3.63, 3.8) is 0 Å². The Kier molecular flexibility index (Phi) is 4.79. The molecule has 2 rings (SSSR count). The second kappa shape index (κ2) is 6.12. The zero-order valence-corrected chi connectivity index (χ0v) is 10.5. The highest BCUT2D eigenvalue weighted by atomic mass is 32.2. The monoisotopic (exact) mass is 229 g/mol. The third-order valence-corrected chi connectivity index (χ3v) is 4.87. The number of hydrogen-bond donors (Lipinski definition) is 1. The van der Waals surface area contributed by atoms with Crippen LogP contribution in [0, 0.1) is 5.92 Å². The molecule has 1 N–H and O–H groups in total. The predicted molar refractivity (Wildman–Crippen MR) is 66.5 cm³/mol. The van der Waals surface area contributed by atoms with Crippen LogP contribution in [0.2, 0.25) is 0 Å². The van der Waals surface area contributed by atoms with E-state index in [2.05, 4.69) is 24.0 Å². The van der Waals surface area contributed by atoms with Crippen LogP contribution in [0.4, 0.5) is 0 Å². The molecule has 0 aromatic carbocycles. The lowest BCUT2D eigenvalue weighted by atomic mass is 9.91. The molecular weight excluding hydrogens is 206 g/mol. The number of hydrogen-bond acceptors (Lipinski definition) is 3. The number of ether oxygens (including phenoxy) is 1. The fourth-order valence-electron chi connectivity index (χ4n) is 2.50. The summed E-state index contributed by atoms with van der Waals surface area (Å²) < 4.78 is 5.71. The van der Waals surface area contributed by atoms with Crippen LogP contribution in [0.25, 0.3) is 0 Å². The standard InChI is InChI=1S/C12H23NOS/c1-10-3-2-4-12(7-10)15-9-11-8-13-5-6-14-11/h10-13H,2-9H2,1H3. The first-order valence-electron chi connectivity index (χ1n) is 6.28. The van der Waals surface area contributed by atoms with E-state index in [-0.39, 0.29) is 0 Å². The molecule has 0 spiro atoms. The Morgan fingerprint density at radius 2 is 2.33 bits per heavy atom. The molecule has 0 aromatic heterocycles. The van der Waals surface area contributed by atoms with Crippen LogP contribution in [0.15, 0.2) is 0 Å². The van der Waals surface area contributed by atoms with Crippen molar-refractivity contribution in [1.82, 2.24) is 5.32 Å². The van der Waals surface area contributed by atoms with E-state index in [0.717, 1.165) is 30.9 Å². The molecule has 2 nitrogen and oxygen atoms in total. The van der Waals surface area contributed by atoms with E-state index in [4.69, 9.17) is 4.74 Å². The maximum absolute atomic E-state index is 5.71. The Morgan fingerprint density at radius 1 is 1.40 bits per heavy atom. The summed E-state index contributed by atoms with van der Waals surface area (Å²) in [6.45, 7) is 5.37. The van der Waals surface area contributed by atoms with Crippen LogP contribution in [0.3, 0.4) is 0 Å². The summed E-state index contributed by atoms with van der Waals surface area (Å²) in [6, 6.07) is 0. The Balaban J connectivity index is 1.63. The maximum atomic E-state index is 5.71. The van der Waals surface area contributed by atoms with Gasteiger partial charge in [-0.25, -0.2) is 0 Å². The van der Waals surface area contributed by atoms with Crippen molar-refractivity contribution < 1.29 is 4.74 Å². The van der Waals surface area contributed by atoms with Gasteiger partial charge in [0, 0.05) is 24.1 Å². The van der Waals surface area contributed by atoms with Crippen molar-refractivity contribution in [2.24, 2.45) is 5.92 Å². The number of nitrogens with one attached hydrogen (secondary N) is 1. The third kappa shape index (κ3) is 3.97. The molecule has 0 radical (unpaired) electrons. The van der Waals surface area contributed by atoms with Crippen LogP contribution in [0.5, 0.6) is 0 Å². The molecule has 88 valence electrons. The molecular formula is C12H23NOS. The molecule has 15 heavy (non-hydrogen) atoms. The van der Waals surface area contributed by atoms with Gasteiger partial charge in [-0.15, -0.1) is 0 Å². The molecule has 1 aliphatic carbocycles. The average molecular weight is 229 g/mol. The van der Waals surface area contributed by atoms with Gasteiger partial charge in [0.15, 0.2) is 0 Å². The highest BCUT2D eigenvalue weighted by Gasteiger charge is 2.21. The van der Waals surface area contributed by atoms with Gasteiger partial charge in [0.05, 0.1) is 12.7 Å². The summed E-state index contributed by atoms with van der Waals surface area (Å²) in [5.74, 6) is 2.13. The second-order valence-corrected chi connectivity index (χ2v) is 6.26. The summed E-state index contributed by atoms with van der Waals surface area (Å²) in [6.07, 6.45) is 6.18. The first kappa shape index (κ1) is 11.7. The molecule has 1 saturated heterocycles. The second-order valence-electron chi connectivity index (χ2n) is 4.92. The normalized spacial score (nSPS) is 37.8. The SMILES string of the molecule is CC1CCCC(SCC2CNCCO2)C1. The van der Waals surface area contributed by atoms with Crippen LogP contribution < -0.4 is 5.32 Å². The average Bonchev–Trinajstić information content (AvgIpc) is 2.28. The Morgan fingerprint density at radius 3 is 3.07 bits per heavy atom. The minimum atomic E-state index is 0.459. The van der Waals surface area contributed by atoms with Gasteiger partial charge < -0.3 is 10.1 Å². The first-order valence-corrected chi connectivity index (χ1v) is 7.33. The summed E-state index contributed by atoms with van der Waals surface area (Å²) >= 11 is 2.14. The molecule has 3 atom stereocenters. The van der Waals surface area contributed by atoms with Crippen molar-refractivity contribution in [1.29, 1.82) is 0 Å². The number of thioether (sulfide) groups is 1. The lowest BCUT2D eigenvalue weighted by molar-refractivity contribution is 0.0440. The maximum Gasteiger partial charge on any atom is 0.0790 e. The molecule has 0 amide bonds.